The van der Waals surface area contributed by atoms with Crippen LogP contribution in [0.3, 0.4) is 0 Å². The molecule has 1 N–H and O–H groups in total. The van der Waals surface area contributed by atoms with Crippen LogP contribution >= 0.6 is 0 Å². The molecule has 3 rings (SSSR count). The van der Waals surface area contributed by atoms with Crippen molar-refractivity contribution in [3.05, 3.63) is 46.8 Å². The first-order valence-electron chi connectivity index (χ1n) is 7.13. The summed E-state index contributed by atoms with van der Waals surface area (Å²) < 4.78 is 2.22. The number of aryl methyl sites for hydroxylation is 1. The van der Waals surface area contributed by atoms with E-state index in [-0.39, 0.29) is 5.43 Å². The minimum atomic E-state index is 0.119. The maximum Gasteiger partial charge on any atom is 0.189 e. The minimum absolute atomic E-state index is 0.119. The van der Waals surface area contributed by atoms with Crippen LogP contribution in [0.15, 0.2) is 41.3 Å². The number of pyridine rings is 1. The van der Waals surface area contributed by atoms with Crippen molar-refractivity contribution in [2.75, 3.05) is 13.1 Å². The molecule has 1 saturated heterocycles. The van der Waals surface area contributed by atoms with E-state index in [0.29, 0.717) is 0 Å². The number of hydrogen-bond acceptors (Lipinski definition) is 2. The summed E-state index contributed by atoms with van der Waals surface area (Å²) in [4.78, 5) is 11.8. The third kappa shape index (κ3) is 2.71. The molecule has 0 amide bonds. The number of benzene rings is 1. The molecule has 0 radical (unpaired) electrons. The molecule has 3 nitrogen and oxygen atoms in total. The quantitative estimate of drug-likeness (QED) is 0.915. The zero-order valence-corrected chi connectivity index (χ0v) is 11.1. The third-order valence-corrected chi connectivity index (χ3v) is 4.12. The third-order valence-electron chi connectivity index (χ3n) is 4.12. The van der Waals surface area contributed by atoms with Crippen LogP contribution in [0.1, 0.15) is 19.3 Å². The van der Waals surface area contributed by atoms with Gasteiger partial charge in [-0.15, -0.1) is 0 Å². The number of aromatic nitrogens is 1. The summed E-state index contributed by atoms with van der Waals surface area (Å²) in [6.45, 7) is 3.30. The molecule has 1 aliphatic rings. The van der Waals surface area contributed by atoms with E-state index in [4.69, 9.17) is 0 Å². The summed E-state index contributed by atoms with van der Waals surface area (Å²) in [5, 5.41) is 4.23. The van der Waals surface area contributed by atoms with E-state index in [1.807, 2.05) is 30.5 Å². The van der Waals surface area contributed by atoms with E-state index in [9.17, 15) is 4.79 Å². The standard InChI is InChI=1S/C16H20N2O/c19-16-8-12-18(15-4-2-1-3-14(15)16)11-7-13-5-9-17-10-6-13/h1-4,8,12-13,17H,5-7,9-11H2. The average molecular weight is 256 g/mol. The Morgan fingerprint density at radius 2 is 1.95 bits per heavy atom. The molecule has 19 heavy (non-hydrogen) atoms. The van der Waals surface area contributed by atoms with Crippen molar-refractivity contribution in [2.45, 2.75) is 25.8 Å². The first-order valence-corrected chi connectivity index (χ1v) is 7.13. The van der Waals surface area contributed by atoms with Gasteiger partial charge in [0.25, 0.3) is 0 Å². The molecule has 0 spiro atoms. The van der Waals surface area contributed by atoms with Crippen LogP contribution in [0.25, 0.3) is 10.9 Å². The van der Waals surface area contributed by atoms with Gasteiger partial charge in [0.15, 0.2) is 5.43 Å². The monoisotopic (exact) mass is 256 g/mol. The maximum atomic E-state index is 11.8. The fourth-order valence-corrected chi connectivity index (χ4v) is 2.95. The predicted molar refractivity (Wildman–Crippen MR) is 78.4 cm³/mol. The second-order valence-electron chi connectivity index (χ2n) is 5.37. The van der Waals surface area contributed by atoms with E-state index in [2.05, 4.69) is 9.88 Å². The highest BCUT2D eigenvalue weighted by atomic mass is 16.1. The van der Waals surface area contributed by atoms with Crippen molar-refractivity contribution in [3.8, 4) is 0 Å². The zero-order chi connectivity index (χ0) is 13.1. The van der Waals surface area contributed by atoms with Crippen molar-refractivity contribution >= 4 is 10.9 Å². The van der Waals surface area contributed by atoms with Crippen LogP contribution in [-0.2, 0) is 6.54 Å². The largest absolute Gasteiger partial charge is 0.347 e. The Morgan fingerprint density at radius 3 is 2.79 bits per heavy atom. The molecule has 1 aromatic heterocycles. The number of para-hydroxylation sites is 1. The molecule has 0 bridgehead atoms. The lowest BCUT2D eigenvalue weighted by atomic mass is 9.94. The maximum absolute atomic E-state index is 11.8. The van der Waals surface area contributed by atoms with Crippen LogP contribution in [0, 0.1) is 5.92 Å². The fraction of sp³-hybridized carbons (Fsp3) is 0.438. The Hall–Kier alpha value is -1.61. The Morgan fingerprint density at radius 1 is 1.16 bits per heavy atom. The summed E-state index contributed by atoms with van der Waals surface area (Å²) >= 11 is 0. The predicted octanol–water partition coefficient (Wildman–Crippen LogP) is 2.39. The molecule has 0 unspecified atom stereocenters. The van der Waals surface area contributed by atoms with E-state index >= 15 is 0 Å². The van der Waals surface area contributed by atoms with E-state index in [0.717, 1.165) is 36.5 Å². The minimum Gasteiger partial charge on any atom is -0.347 e. The van der Waals surface area contributed by atoms with Gasteiger partial charge in [-0.2, -0.15) is 0 Å². The van der Waals surface area contributed by atoms with Crippen molar-refractivity contribution in [2.24, 2.45) is 5.92 Å². The Balaban J connectivity index is 1.81. The molecule has 3 heteroatoms. The van der Waals surface area contributed by atoms with Gasteiger partial charge in [0.05, 0.1) is 5.52 Å². The SMILES string of the molecule is O=c1ccn(CCC2CCNCC2)c2ccccc12. The summed E-state index contributed by atoms with van der Waals surface area (Å²) in [6, 6.07) is 9.58. The fourth-order valence-electron chi connectivity index (χ4n) is 2.95. The Bertz CT molecular complexity index is 611. The number of fused-ring (bicyclic) bond motifs is 1. The molecule has 0 atom stereocenters. The van der Waals surface area contributed by atoms with Crippen LogP contribution < -0.4 is 10.7 Å². The summed E-state index contributed by atoms with van der Waals surface area (Å²) in [7, 11) is 0. The molecule has 0 saturated carbocycles. The van der Waals surface area contributed by atoms with Crippen molar-refractivity contribution in [1.82, 2.24) is 9.88 Å². The van der Waals surface area contributed by atoms with Gasteiger partial charge in [0.1, 0.15) is 0 Å². The van der Waals surface area contributed by atoms with Gasteiger partial charge in [-0.25, -0.2) is 0 Å². The first kappa shape index (κ1) is 12.4. The molecule has 2 heterocycles. The Labute approximate surface area is 113 Å². The van der Waals surface area contributed by atoms with Crippen molar-refractivity contribution < 1.29 is 0 Å². The molecule has 1 fully saturated rings. The average Bonchev–Trinajstić information content (AvgIpc) is 2.48. The lowest BCUT2D eigenvalue weighted by Crippen LogP contribution is -2.28. The molecular formula is C16H20N2O. The smallest absolute Gasteiger partial charge is 0.189 e. The molecule has 1 aliphatic heterocycles. The Kier molecular flexibility index (Phi) is 3.65. The second-order valence-corrected chi connectivity index (χ2v) is 5.37. The van der Waals surface area contributed by atoms with Gasteiger partial charge < -0.3 is 9.88 Å². The van der Waals surface area contributed by atoms with Crippen molar-refractivity contribution in [3.63, 3.8) is 0 Å². The number of nitrogens with one attached hydrogen (secondary N) is 1. The van der Waals surface area contributed by atoms with Gasteiger partial charge in [-0.1, -0.05) is 12.1 Å². The second kappa shape index (κ2) is 5.57. The number of hydrogen-bond donors (Lipinski definition) is 1. The highest BCUT2D eigenvalue weighted by molar-refractivity contribution is 5.78. The van der Waals surface area contributed by atoms with Gasteiger partial charge in [-0.05, 0) is 50.4 Å². The summed E-state index contributed by atoms with van der Waals surface area (Å²) in [5.41, 5.74) is 1.18. The molecule has 0 aliphatic carbocycles. The first-order chi connectivity index (χ1) is 9.34. The number of rotatable bonds is 3. The summed E-state index contributed by atoms with van der Waals surface area (Å²) in [5.74, 6) is 0.819. The number of piperidine rings is 1. The van der Waals surface area contributed by atoms with E-state index in [1.165, 1.54) is 19.3 Å². The zero-order valence-electron chi connectivity index (χ0n) is 11.1. The van der Waals surface area contributed by atoms with Gasteiger partial charge in [-0.3, -0.25) is 4.79 Å². The van der Waals surface area contributed by atoms with E-state index in [1.54, 1.807) is 6.07 Å². The van der Waals surface area contributed by atoms with E-state index < -0.39 is 0 Å². The highest BCUT2D eigenvalue weighted by Gasteiger charge is 2.13. The molecule has 1 aromatic carbocycles. The van der Waals surface area contributed by atoms with Crippen molar-refractivity contribution in [1.29, 1.82) is 0 Å². The molecule has 2 aromatic rings. The normalized spacial score (nSPS) is 16.8. The van der Waals surface area contributed by atoms with Crippen LogP contribution in [0.4, 0.5) is 0 Å². The van der Waals surface area contributed by atoms with Crippen LogP contribution in [0.2, 0.25) is 0 Å². The lowest BCUT2D eigenvalue weighted by molar-refractivity contribution is 0.339. The van der Waals surface area contributed by atoms with Gasteiger partial charge >= 0.3 is 0 Å². The highest BCUT2D eigenvalue weighted by Crippen LogP contribution is 2.18. The topological polar surface area (TPSA) is 34.0 Å². The molecule has 100 valence electrons. The summed E-state index contributed by atoms with van der Waals surface area (Å²) in [6.07, 6.45) is 5.69. The van der Waals surface area contributed by atoms with Crippen LogP contribution in [-0.4, -0.2) is 17.7 Å². The molecular weight excluding hydrogens is 236 g/mol. The van der Waals surface area contributed by atoms with Crippen LogP contribution in [0.5, 0.6) is 0 Å². The van der Waals surface area contributed by atoms with Gasteiger partial charge in [0, 0.05) is 24.2 Å². The lowest BCUT2D eigenvalue weighted by Gasteiger charge is -2.23. The van der Waals surface area contributed by atoms with Gasteiger partial charge in [0.2, 0.25) is 0 Å². The number of nitrogens with zero attached hydrogens (tertiary/aromatic N) is 1.